The molecule has 4 aromatic carbocycles. The van der Waals surface area contributed by atoms with Crippen LogP contribution in [0.1, 0.15) is 27.7 Å². The van der Waals surface area contributed by atoms with E-state index in [-0.39, 0.29) is 36.9 Å². The third kappa shape index (κ3) is 11.0. The minimum atomic E-state index is -0.182. The van der Waals surface area contributed by atoms with Crippen LogP contribution in [0.15, 0.2) is 117 Å². The van der Waals surface area contributed by atoms with Gasteiger partial charge in [0, 0.05) is 36.6 Å². The number of benzene rings is 4. The van der Waals surface area contributed by atoms with Crippen LogP contribution in [-0.4, -0.2) is 63.4 Å². The first kappa shape index (κ1) is 38.4. The molecule has 0 aliphatic heterocycles. The summed E-state index contributed by atoms with van der Waals surface area (Å²) in [7, 11) is 0. The zero-order valence-electron chi connectivity index (χ0n) is 30.1. The molecular weight excluding hydrogens is 660 g/mol. The maximum Gasteiger partial charge on any atom is 0.233 e. The molecule has 0 radical (unpaired) electrons. The summed E-state index contributed by atoms with van der Waals surface area (Å²) >= 11 is 0. The standard InChI is InChI=1S/C38H48N10O4/c1-5-49-29-19-21-33(51-7-3)31(25-29)43-37(45-35(39)40)47(27-15-11-9-12-16-27)23-24-48(28-17-13-10-14-18-28)38(46-36(41)42)44-32-26-30(50-6-2)20-22-34(32)52-8-4/h9-22,25-26H,5-8,23-24H2,1-4H3,(H4,39,40,43,45)(H4,41,42,44,46). The lowest BCUT2D eigenvalue weighted by Crippen LogP contribution is -2.42. The largest absolute Gasteiger partial charge is 0.494 e. The van der Waals surface area contributed by atoms with Crippen LogP contribution in [0.2, 0.25) is 0 Å². The van der Waals surface area contributed by atoms with Crippen LogP contribution in [-0.2, 0) is 0 Å². The molecule has 0 spiro atoms. The highest BCUT2D eigenvalue weighted by Gasteiger charge is 2.21. The van der Waals surface area contributed by atoms with E-state index in [0.29, 0.717) is 60.8 Å². The Morgan fingerprint density at radius 2 is 0.865 bits per heavy atom. The van der Waals surface area contributed by atoms with Gasteiger partial charge < -0.3 is 51.7 Å². The second kappa shape index (κ2) is 19.7. The molecule has 274 valence electrons. The van der Waals surface area contributed by atoms with Crippen LogP contribution in [0.4, 0.5) is 22.7 Å². The van der Waals surface area contributed by atoms with E-state index in [1.807, 2.05) is 110 Å². The Bertz CT molecular complexity index is 1710. The van der Waals surface area contributed by atoms with E-state index < -0.39 is 0 Å². The van der Waals surface area contributed by atoms with Gasteiger partial charge in [-0.25, -0.2) is 9.98 Å². The molecule has 8 N–H and O–H groups in total. The number of ether oxygens (including phenoxy) is 4. The minimum absolute atomic E-state index is 0.182. The Morgan fingerprint density at radius 1 is 0.500 bits per heavy atom. The highest BCUT2D eigenvalue weighted by Crippen LogP contribution is 2.34. The maximum absolute atomic E-state index is 6.01. The number of nitrogens with zero attached hydrogens (tertiary/aromatic N) is 6. The summed E-state index contributed by atoms with van der Waals surface area (Å²) in [6.07, 6.45) is 0. The summed E-state index contributed by atoms with van der Waals surface area (Å²) in [6, 6.07) is 30.1. The zero-order chi connectivity index (χ0) is 37.3. The Balaban J connectivity index is 1.89. The SMILES string of the molecule is CCOc1ccc(OCC)c(N=C(N=C(N)N)N(CCN(C(N=C(N)N)=Nc2cc(OCC)ccc2OCC)c2ccccc2)c2ccccc2)c1. The molecule has 0 unspecified atom stereocenters. The van der Waals surface area contributed by atoms with Crippen LogP contribution in [0.25, 0.3) is 0 Å². The van der Waals surface area contributed by atoms with Crippen molar-refractivity contribution < 1.29 is 18.9 Å². The fourth-order valence-electron chi connectivity index (χ4n) is 5.08. The van der Waals surface area contributed by atoms with E-state index in [1.54, 1.807) is 24.3 Å². The van der Waals surface area contributed by atoms with Crippen molar-refractivity contribution in [3.05, 3.63) is 97.1 Å². The van der Waals surface area contributed by atoms with E-state index in [9.17, 15) is 0 Å². The number of guanidine groups is 4. The molecule has 0 heterocycles. The fourth-order valence-corrected chi connectivity index (χ4v) is 5.08. The topological polar surface area (TPSA) is 197 Å². The highest BCUT2D eigenvalue weighted by atomic mass is 16.5. The molecule has 0 saturated carbocycles. The lowest BCUT2D eigenvalue weighted by molar-refractivity contribution is 0.331. The van der Waals surface area contributed by atoms with Crippen molar-refractivity contribution >= 4 is 46.6 Å². The van der Waals surface area contributed by atoms with Crippen LogP contribution >= 0.6 is 0 Å². The van der Waals surface area contributed by atoms with Gasteiger partial charge in [-0.05, 0) is 76.2 Å². The van der Waals surface area contributed by atoms with Crippen molar-refractivity contribution in [2.75, 3.05) is 49.3 Å². The first-order valence-electron chi connectivity index (χ1n) is 17.1. The average Bonchev–Trinajstić information content (AvgIpc) is 3.12. The van der Waals surface area contributed by atoms with Crippen LogP contribution in [0, 0.1) is 0 Å². The molecule has 4 rings (SSSR count). The van der Waals surface area contributed by atoms with Gasteiger partial charge in [-0.15, -0.1) is 0 Å². The van der Waals surface area contributed by atoms with Crippen molar-refractivity contribution in [3.63, 3.8) is 0 Å². The van der Waals surface area contributed by atoms with Crippen molar-refractivity contribution in [1.29, 1.82) is 0 Å². The van der Waals surface area contributed by atoms with Crippen LogP contribution in [0.5, 0.6) is 23.0 Å². The number of nitrogens with two attached hydrogens (primary N) is 4. The van der Waals surface area contributed by atoms with Crippen LogP contribution in [0.3, 0.4) is 0 Å². The Kier molecular flexibility index (Phi) is 14.5. The average molecular weight is 709 g/mol. The molecule has 4 aromatic rings. The number of aliphatic imine (C=N–C) groups is 4. The molecule has 0 aliphatic rings. The predicted molar refractivity (Wildman–Crippen MR) is 211 cm³/mol. The molecule has 0 fully saturated rings. The number of anilines is 2. The molecule has 52 heavy (non-hydrogen) atoms. The normalized spacial score (nSPS) is 11.3. The maximum atomic E-state index is 6.01. The number of hydrogen-bond donors (Lipinski definition) is 4. The predicted octanol–water partition coefficient (Wildman–Crippen LogP) is 5.52. The van der Waals surface area contributed by atoms with Gasteiger partial charge in [0.2, 0.25) is 11.9 Å². The lowest BCUT2D eigenvalue weighted by Gasteiger charge is -2.29. The van der Waals surface area contributed by atoms with Gasteiger partial charge in [-0.1, -0.05) is 36.4 Å². The van der Waals surface area contributed by atoms with Gasteiger partial charge in [-0.2, -0.15) is 9.98 Å². The molecule has 0 atom stereocenters. The monoisotopic (exact) mass is 708 g/mol. The Morgan fingerprint density at radius 3 is 1.19 bits per heavy atom. The molecule has 0 amide bonds. The van der Waals surface area contributed by atoms with Gasteiger partial charge in [-0.3, -0.25) is 0 Å². The van der Waals surface area contributed by atoms with Crippen molar-refractivity contribution in [3.8, 4) is 23.0 Å². The van der Waals surface area contributed by atoms with Gasteiger partial charge >= 0.3 is 0 Å². The second-order valence-electron chi connectivity index (χ2n) is 10.9. The minimum Gasteiger partial charge on any atom is -0.494 e. The highest BCUT2D eigenvalue weighted by molar-refractivity contribution is 6.06. The fraction of sp³-hybridized carbons (Fsp3) is 0.263. The van der Waals surface area contributed by atoms with Crippen molar-refractivity contribution in [1.82, 2.24) is 0 Å². The zero-order valence-corrected chi connectivity index (χ0v) is 30.1. The molecule has 0 aliphatic carbocycles. The van der Waals surface area contributed by atoms with Gasteiger partial charge in [0.15, 0.2) is 11.9 Å². The third-order valence-corrected chi connectivity index (χ3v) is 7.15. The van der Waals surface area contributed by atoms with E-state index >= 15 is 0 Å². The number of hydrogen-bond acceptors (Lipinski definition) is 6. The van der Waals surface area contributed by atoms with E-state index in [1.165, 1.54) is 0 Å². The Labute approximate surface area is 305 Å². The summed E-state index contributed by atoms with van der Waals surface area (Å²) in [6.45, 7) is 9.98. The van der Waals surface area contributed by atoms with E-state index in [0.717, 1.165) is 11.4 Å². The molecule has 0 bridgehead atoms. The molecule has 14 heteroatoms. The molecular formula is C38H48N10O4. The summed E-state index contributed by atoms with van der Waals surface area (Å²) in [5, 5.41) is 0. The lowest BCUT2D eigenvalue weighted by atomic mass is 10.2. The quantitative estimate of drug-likeness (QED) is 0.0902. The van der Waals surface area contributed by atoms with Crippen LogP contribution < -0.4 is 51.7 Å². The molecule has 0 saturated heterocycles. The van der Waals surface area contributed by atoms with Gasteiger partial charge in [0.25, 0.3) is 0 Å². The Hall–Kier alpha value is -6.44. The van der Waals surface area contributed by atoms with Gasteiger partial charge in [0.1, 0.15) is 34.4 Å². The van der Waals surface area contributed by atoms with E-state index in [4.69, 9.17) is 51.9 Å². The first-order chi connectivity index (χ1) is 25.3. The second-order valence-corrected chi connectivity index (χ2v) is 10.9. The smallest absolute Gasteiger partial charge is 0.233 e. The summed E-state index contributed by atoms with van der Waals surface area (Å²) < 4.78 is 23.4. The number of rotatable bonds is 15. The number of para-hydroxylation sites is 2. The first-order valence-corrected chi connectivity index (χ1v) is 17.1. The van der Waals surface area contributed by atoms with E-state index in [2.05, 4.69) is 9.98 Å². The van der Waals surface area contributed by atoms with Gasteiger partial charge in [0.05, 0.1) is 26.4 Å². The molecule has 14 nitrogen and oxygen atoms in total. The summed E-state index contributed by atoms with van der Waals surface area (Å²) in [4.78, 5) is 22.7. The summed E-state index contributed by atoms with van der Waals surface area (Å²) in [5.41, 5.74) is 26.5. The summed E-state index contributed by atoms with van der Waals surface area (Å²) in [5.74, 6) is 2.36. The molecule has 0 aromatic heterocycles. The van der Waals surface area contributed by atoms with Crippen molar-refractivity contribution in [2.45, 2.75) is 27.7 Å². The van der Waals surface area contributed by atoms with Crippen molar-refractivity contribution in [2.24, 2.45) is 42.9 Å². The third-order valence-electron chi connectivity index (χ3n) is 7.15.